The molecule has 4 nitrogen and oxygen atoms in total. The highest BCUT2D eigenvalue weighted by Gasteiger charge is 2.13. The SMILES string of the molecule is COc1ccc(COCC[C@@H](O)[C@H](C)CC=O)cc1. The van der Waals surface area contributed by atoms with Crippen LogP contribution < -0.4 is 4.74 Å². The van der Waals surface area contributed by atoms with Gasteiger partial charge >= 0.3 is 0 Å². The van der Waals surface area contributed by atoms with Crippen LogP contribution in [0, 0.1) is 5.92 Å². The van der Waals surface area contributed by atoms with Crippen molar-refractivity contribution in [3.8, 4) is 5.75 Å². The molecule has 106 valence electrons. The first-order chi connectivity index (χ1) is 9.17. The van der Waals surface area contributed by atoms with E-state index in [2.05, 4.69) is 0 Å². The fourth-order valence-corrected chi connectivity index (χ4v) is 1.71. The number of carbonyl (C=O) groups excluding carboxylic acids is 1. The topological polar surface area (TPSA) is 55.8 Å². The van der Waals surface area contributed by atoms with E-state index in [1.165, 1.54) is 0 Å². The summed E-state index contributed by atoms with van der Waals surface area (Å²) in [7, 11) is 1.63. The van der Waals surface area contributed by atoms with Crippen molar-refractivity contribution in [2.75, 3.05) is 13.7 Å². The first-order valence-corrected chi connectivity index (χ1v) is 6.49. The molecule has 1 aromatic rings. The fraction of sp³-hybridized carbons (Fsp3) is 0.533. The van der Waals surface area contributed by atoms with Crippen LogP contribution in [0.1, 0.15) is 25.3 Å². The van der Waals surface area contributed by atoms with Crippen LogP contribution in [0.5, 0.6) is 5.75 Å². The molecule has 2 atom stereocenters. The highest BCUT2D eigenvalue weighted by Crippen LogP contribution is 2.13. The van der Waals surface area contributed by atoms with Crippen LogP contribution in [0.2, 0.25) is 0 Å². The van der Waals surface area contributed by atoms with Crippen LogP contribution in [0.4, 0.5) is 0 Å². The normalized spacial score (nSPS) is 13.8. The third-order valence-corrected chi connectivity index (χ3v) is 3.11. The Morgan fingerprint density at radius 1 is 1.32 bits per heavy atom. The predicted molar refractivity (Wildman–Crippen MR) is 73.1 cm³/mol. The van der Waals surface area contributed by atoms with Crippen LogP contribution in [0.15, 0.2) is 24.3 Å². The summed E-state index contributed by atoms with van der Waals surface area (Å²) in [4.78, 5) is 10.3. The lowest BCUT2D eigenvalue weighted by atomic mass is 9.99. The van der Waals surface area contributed by atoms with Gasteiger partial charge in [-0.2, -0.15) is 0 Å². The lowest BCUT2D eigenvalue weighted by Gasteiger charge is -2.16. The number of hydrogen-bond donors (Lipinski definition) is 1. The number of ether oxygens (including phenoxy) is 2. The quantitative estimate of drug-likeness (QED) is 0.550. The molecule has 0 saturated carbocycles. The van der Waals surface area contributed by atoms with Crippen molar-refractivity contribution in [2.24, 2.45) is 5.92 Å². The summed E-state index contributed by atoms with van der Waals surface area (Å²) < 4.78 is 10.6. The van der Waals surface area contributed by atoms with Gasteiger partial charge in [-0.15, -0.1) is 0 Å². The molecule has 0 aliphatic rings. The molecule has 1 rings (SSSR count). The smallest absolute Gasteiger partial charge is 0.120 e. The second-order valence-corrected chi connectivity index (χ2v) is 4.64. The zero-order valence-corrected chi connectivity index (χ0v) is 11.5. The highest BCUT2D eigenvalue weighted by molar-refractivity contribution is 5.49. The first-order valence-electron chi connectivity index (χ1n) is 6.49. The van der Waals surface area contributed by atoms with E-state index in [0.717, 1.165) is 17.6 Å². The van der Waals surface area contributed by atoms with Gasteiger partial charge in [0.25, 0.3) is 0 Å². The van der Waals surface area contributed by atoms with E-state index < -0.39 is 6.10 Å². The number of aliphatic hydroxyl groups is 1. The van der Waals surface area contributed by atoms with Gasteiger partial charge in [-0.3, -0.25) is 0 Å². The lowest BCUT2D eigenvalue weighted by molar-refractivity contribution is -0.109. The average Bonchev–Trinajstić information content (AvgIpc) is 2.44. The van der Waals surface area contributed by atoms with Gasteiger partial charge in [0.1, 0.15) is 12.0 Å². The van der Waals surface area contributed by atoms with E-state index >= 15 is 0 Å². The molecule has 1 aromatic carbocycles. The first kappa shape index (κ1) is 15.7. The van der Waals surface area contributed by atoms with E-state index in [9.17, 15) is 9.90 Å². The van der Waals surface area contributed by atoms with Gasteiger partial charge in [0.05, 0.1) is 19.8 Å². The summed E-state index contributed by atoms with van der Waals surface area (Å²) in [5.74, 6) is 0.809. The minimum atomic E-state index is -0.485. The molecule has 0 heterocycles. The summed E-state index contributed by atoms with van der Waals surface area (Å²) in [6.45, 7) is 2.86. The zero-order valence-electron chi connectivity index (χ0n) is 11.5. The van der Waals surface area contributed by atoms with Crippen LogP contribution in [0.25, 0.3) is 0 Å². The number of aldehydes is 1. The number of hydrogen-bond acceptors (Lipinski definition) is 4. The molecule has 0 amide bonds. The largest absolute Gasteiger partial charge is 0.497 e. The van der Waals surface area contributed by atoms with Crippen molar-refractivity contribution < 1.29 is 19.4 Å². The Morgan fingerprint density at radius 3 is 2.58 bits per heavy atom. The molecule has 0 fully saturated rings. The zero-order chi connectivity index (χ0) is 14.1. The summed E-state index contributed by atoms with van der Waals surface area (Å²) in [6.07, 6.45) is 1.29. The van der Waals surface area contributed by atoms with E-state index in [1.54, 1.807) is 7.11 Å². The average molecular weight is 266 g/mol. The lowest BCUT2D eigenvalue weighted by Crippen LogP contribution is -2.20. The summed E-state index contributed by atoms with van der Waals surface area (Å²) >= 11 is 0. The van der Waals surface area contributed by atoms with Gasteiger partial charge in [-0.25, -0.2) is 0 Å². The molecule has 0 spiro atoms. The van der Waals surface area contributed by atoms with Crippen LogP contribution in [-0.4, -0.2) is 31.2 Å². The van der Waals surface area contributed by atoms with E-state index in [0.29, 0.717) is 26.1 Å². The Morgan fingerprint density at radius 2 is 2.00 bits per heavy atom. The van der Waals surface area contributed by atoms with Crippen LogP contribution >= 0.6 is 0 Å². The number of rotatable bonds is 9. The summed E-state index contributed by atoms with van der Waals surface area (Å²) in [5, 5.41) is 9.76. The molecule has 0 aliphatic carbocycles. The molecule has 0 radical (unpaired) electrons. The maximum atomic E-state index is 10.3. The molecule has 0 aromatic heterocycles. The number of aliphatic hydroxyl groups excluding tert-OH is 1. The molecule has 4 heteroatoms. The fourth-order valence-electron chi connectivity index (χ4n) is 1.71. The molecule has 0 aliphatic heterocycles. The van der Waals surface area contributed by atoms with Crippen molar-refractivity contribution >= 4 is 6.29 Å². The van der Waals surface area contributed by atoms with E-state index in [1.807, 2.05) is 31.2 Å². The van der Waals surface area contributed by atoms with Crippen molar-refractivity contribution in [1.82, 2.24) is 0 Å². The van der Waals surface area contributed by atoms with Gasteiger partial charge < -0.3 is 19.4 Å². The minimum absolute atomic E-state index is 0.0120. The Kier molecular flexibility index (Phi) is 7.15. The molecule has 19 heavy (non-hydrogen) atoms. The Balaban J connectivity index is 2.21. The Hall–Kier alpha value is -1.39. The van der Waals surface area contributed by atoms with Crippen molar-refractivity contribution in [2.45, 2.75) is 32.5 Å². The Bertz CT molecular complexity index is 361. The number of carbonyl (C=O) groups is 1. The molecule has 0 unspecified atom stereocenters. The standard InChI is InChI=1S/C15H22O4/c1-12(7-9-16)15(17)8-10-19-11-13-3-5-14(18-2)6-4-13/h3-6,9,12,15,17H,7-8,10-11H2,1-2H3/t12-,15-/m1/s1. The highest BCUT2D eigenvalue weighted by atomic mass is 16.5. The van der Waals surface area contributed by atoms with Gasteiger partial charge in [0, 0.05) is 13.0 Å². The second kappa shape index (κ2) is 8.67. The minimum Gasteiger partial charge on any atom is -0.497 e. The maximum absolute atomic E-state index is 10.3. The van der Waals surface area contributed by atoms with Gasteiger partial charge in [-0.1, -0.05) is 19.1 Å². The third kappa shape index (κ3) is 5.85. The number of benzene rings is 1. The van der Waals surface area contributed by atoms with Crippen molar-refractivity contribution in [3.63, 3.8) is 0 Å². The predicted octanol–water partition coefficient (Wildman–Crippen LogP) is 2.19. The van der Waals surface area contributed by atoms with Crippen molar-refractivity contribution in [3.05, 3.63) is 29.8 Å². The van der Waals surface area contributed by atoms with Gasteiger partial charge in [0.15, 0.2) is 0 Å². The van der Waals surface area contributed by atoms with Crippen LogP contribution in [0.3, 0.4) is 0 Å². The third-order valence-electron chi connectivity index (χ3n) is 3.11. The van der Waals surface area contributed by atoms with E-state index in [-0.39, 0.29) is 5.92 Å². The maximum Gasteiger partial charge on any atom is 0.120 e. The second-order valence-electron chi connectivity index (χ2n) is 4.64. The van der Waals surface area contributed by atoms with Crippen LogP contribution in [-0.2, 0) is 16.1 Å². The summed E-state index contributed by atoms with van der Waals surface area (Å²) in [5.41, 5.74) is 1.07. The summed E-state index contributed by atoms with van der Waals surface area (Å²) in [6, 6.07) is 7.67. The number of methoxy groups -OCH3 is 1. The Labute approximate surface area is 114 Å². The van der Waals surface area contributed by atoms with Crippen molar-refractivity contribution in [1.29, 1.82) is 0 Å². The van der Waals surface area contributed by atoms with E-state index in [4.69, 9.17) is 9.47 Å². The molecule has 0 saturated heterocycles. The van der Waals surface area contributed by atoms with Gasteiger partial charge in [-0.05, 0) is 30.0 Å². The van der Waals surface area contributed by atoms with Gasteiger partial charge in [0.2, 0.25) is 0 Å². The molecular formula is C15H22O4. The molecule has 0 bridgehead atoms. The monoisotopic (exact) mass is 266 g/mol. The molecule has 1 N–H and O–H groups in total. The molecular weight excluding hydrogens is 244 g/mol.